The van der Waals surface area contributed by atoms with Crippen LogP contribution in [0, 0.1) is 5.92 Å². The van der Waals surface area contributed by atoms with E-state index in [4.69, 9.17) is 4.74 Å². The van der Waals surface area contributed by atoms with Gasteiger partial charge in [0.15, 0.2) is 0 Å². The molecule has 0 saturated carbocycles. The molecule has 1 heterocycles. The summed E-state index contributed by atoms with van der Waals surface area (Å²) in [7, 11) is 1.53. The van der Waals surface area contributed by atoms with Crippen molar-refractivity contribution in [1.82, 2.24) is 15.3 Å². The molecule has 120 valence electrons. The maximum absolute atomic E-state index is 11.8. The van der Waals surface area contributed by atoms with Crippen LogP contribution >= 0.6 is 0 Å². The van der Waals surface area contributed by atoms with E-state index in [1.54, 1.807) is 12.1 Å². The van der Waals surface area contributed by atoms with Crippen molar-refractivity contribution in [1.29, 1.82) is 0 Å². The van der Waals surface area contributed by atoms with Gasteiger partial charge >= 0.3 is 0 Å². The SMILES string of the molecule is C=CC(OC)C(O)C(C)C=C(C)CNC(=O)c1ncccn1. The van der Waals surface area contributed by atoms with Crippen LogP contribution in [0.4, 0.5) is 0 Å². The highest BCUT2D eigenvalue weighted by Crippen LogP contribution is 2.14. The number of rotatable bonds is 8. The van der Waals surface area contributed by atoms with Gasteiger partial charge in [0, 0.05) is 32.0 Å². The molecule has 1 amide bonds. The van der Waals surface area contributed by atoms with E-state index in [-0.39, 0.29) is 17.6 Å². The summed E-state index contributed by atoms with van der Waals surface area (Å²) < 4.78 is 5.14. The lowest BCUT2D eigenvalue weighted by molar-refractivity contribution is -0.00153. The van der Waals surface area contributed by atoms with Gasteiger partial charge in [-0.05, 0) is 13.0 Å². The molecular weight excluding hydrogens is 282 g/mol. The molecule has 0 spiro atoms. The highest BCUT2D eigenvalue weighted by molar-refractivity contribution is 5.90. The Labute approximate surface area is 130 Å². The third-order valence-electron chi connectivity index (χ3n) is 3.22. The van der Waals surface area contributed by atoms with Crippen molar-refractivity contribution in [3.05, 3.63) is 48.6 Å². The smallest absolute Gasteiger partial charge is 0.289 e. The van der Waals surface area contributed by atoms with E-state index in [0.717, 1.165) is 5.57 Å². The lowest BCUT2D eigenvalue weighted by Gasteiger charge is -2.22. The lowest BCUT2D eigenvalue weighted by Crippen LogP contribution is -2.32. The van der Waals surface area contributed by atoms with Crippen molar-refractivity contribution >= 4 is 5.91 Å². The molecule has 1 aromatic rings. The number of aromatic nitrogens is 2. The maximum Gasteiger partial charge on any atom is 0.289 e. The molecule has 22 heavy (non-hydrogen) atoms. The standard InChI is InChI=1S/C16H23N3O3/c1-5-13(22-4)14(20)12(3)9-11(2)10-19-16(21)15-17-7-6-8-18-15/h5-9,12-14,20H,1,10H2,2-4H3,(H,19,21). The number of nitrogens with one attached hydrogen (secondary N) is 1. The van der Waals surface area contributed by atoms with Gasteiger partial charge in [0.2, 0.25) is 5.82 Å². The Morgan fingerprint density at radius 2 is 2.14 bits per heavy atom. The summed E-state index contributed by atoms with van der Waals surface area (Å²) in [5.41, 5.74) is 0.926. The minimum atomic E-state index is -0.689. The molecule has 3 unspecified atom stereocenters. The lowest BCUT2D eigenvalue weighted by atomic mass is 9.97. The van der Waals surface area contributed by atoms with Crippen molar-refractivity contribution in [2.24, 2.45) is 5.92 Å². The van der Waals surface area contributed by atoms with Crippen LogP contribution in [-0.4, -0.2) is 46.8 Å². The molecule has 6 nitrogen and oxygen atoms in total. The third kappa shape index (κ3) is 5.38. The van der Waals surface area contributed by atoms with Crippen molar-refractivity contribution < 1.29 is 14.6 Å². The van der Waals surface area contributed by atoms with Gasteiger partial charge in [-0.15, -0.1) is 6.58 Å². The highest BCUT2D eigenvalue weighted by Gasteiger charge is 2.20. The number of nitrogens with zero attached hydrogens (tertiary/aromatic N) is 2. The van der Waals surface area contributed by atoms with E-state index in [9.17, 15) is 9.90 Å². The number of carbonyl (C=O) groups excluding carboxylic acids is 1. The predicted octanol–water partition coefficient (Wildman–Crippen LogP) is 1.35. The van der Waals surface area contributed by atoms with Crippen LogP contribution in [0.25, 0.3) is 0 Å². The monoisotopic (exact) mass is 305 g/mol. The van der Waals surface area contributed by atoms with Gasteiger partial charge in [-0.25, -0.2) is 9.97 Å². The Bertz CT molecular complexity index is 517. The molecule has 1 rings (SSSR count). The second kappa shape index (κ2) is 9.07. The van der Waals surface area contributed by atoms with E-state index in [2.05, 4.69) is 21.9 Å². The summed E-state index contributed by atoms with van der Waals surface area (Å²) in [5, 5.41) is 12.9. The van der Waals surface area contributed by atoms with E-state index in [1.165, 1.54) is 19.5 Å². The fraction of sp³-hybridized carbons (Fsp3) is 0.438. The highest BCUT2D eigenvalue weighted by atomic mass is 16.5. The van der Waals surface area contributed by atoms with Crippen LogP contribution in [0.5, 0.6) is 0 Å². The normalized spacial score (nSPS) is 15.7. The fourth-order valence-electron chi connectivity index (χ4n) is 2.00. The molecule has 0 saturated heterocycles. The summed E-state index contributed by atoms with van der Waals surface area (Å²) in [6.07, 6.45) is 5.38. The van der Waals surface area contributed by atoms with E-state index in [1.807, 2.05) is 19.9 Å². The van der Waals surface area contributed by atoms with Gasteiger partial charge in [0.25, 0.3) is 5.91 Å². The average molecular weight is 305 g/mol. The van der Waals surface area contributed by atoms with E-state index >= 15 is 0 Å². The predicted molar refractivity (Wildman–Crippen MR) is 84.3 cm³/mol. The van der Waals surface area contributed by atoms with Crippen molar-refractivity contribution in [3.8, 4) is 0 Å². The summed E-state index contributed by atoms with van der Waals surface area (Å²) >= 11 is 0. The summed E-state index contributed by atoms with van der Waals surface area (Å²) in [6.45, 7) is 7.75. The van der Waals surface area contributed by atoms with Gasteiger partial charge in [-0.1, -0.05) is 24.6 Å². The van der Waals surface area contributed by atoms with Crippen molar-refractivity contribution in [3.63, 3.8) is 0 Å². The van der Waals surface area contributed by atoms with Crippen LogP contribution < -0.4 is 5.32 Å². The number of aliphatic hydroxyl groups excluding tert-OH is 1. The molecule has 1 aromatic heterocycles. The van der Waals surface area contributed by atoms with Crippen LogP contribution in [0.1, 0.15) is 24.5 Å². The molecule has 3 atom stereocenters. The topological polar surface area (TPSA) is 84.3 Å². The zero-order chi connectivity index (χ0) is 16.5. The zero-order valence-electron chi connectivity index (χ0n) is 13.2. The molecule has 0 bridgehead atoms. The molecule has 6 heteroatoms. The molecule has 0 aliphatic carbocycles. The first-order valence-corrected chi connectivity index (χ1v) is 7.05. The minimum Gasteiger partial charge on any atom is -0.389 e. The number of methoxy groups -OCH3 is 1. The Hall–Kier alpha value is -2.05. The third-order valence-corrected chi connectivity index (χ3v) is 3.22. The van der Waals surface area contributed by atoms with Gasteiger partial charge in [-0.3, -0.25) is 4.79 Å². The molecule has 0 radical (unpaired) electrons. The maximum atomic E-state index is 11.8. The first-order valence-electron chi connectivity index (χ1n) is 7.05. The Morgan fingerprint density at radius 3 is 2.68 bits per heavy atom. The minimum absolute atomic E-state index is 0.132. The van der Waals surface area contributed by atoms with E-state index in [0.29, 0.717) is 6.54 Å². The average Bonchev–Trinajstić information content (AvgIpc) is 2.54. The molecule has 0 aliphatic heterocycles. The molecular formula is C16H23N3O3. The number of amides is 1. The van der Waals surface area contributed by atoms with Gasteiger partial charge < -0.3 is 15.2 Å². The second-order valence-electron chi connectivity index (χ2n) is 5.05. The summed E-state index contributed by atoms with van der Waals surface area (Å²) in [6, 6.07) is 1.65. The summed E-state index contributed by atoms with van der Waals surface area (Å²) in [5.74, 6) is -0.329. The van der Waals surface area contributed by atoms with Crippen molar-refractivity contribution in [2.75, 3.05) is 13.7 Å². The van der Waals surface area contributed by atoms with E-state index < -0.39 is 12.2 Å². The van der Waals surface area contributed by atoms with Crippen LogP contribution in [0.2, 0.25) is 0 Å². The van der Waals surface area contributed by atoms with Crippen LogP contribution in [0.15, 0.2) is 42.8 Å². The quantitative estimate of drug-likeness (QED) is 0.708. The van der Waals surface area contributed by atoms with Gasteiger partial charge in [-0.2, -0.15) is 0 Å². The number of aliphatic hydroxyl groups is 1. The number of hydrogen-bond donors (Lipinski definition) is 2. The van der Waals surface area contributed by atoms with Crippen LogP contribution in [0.3, 0.4) is 0 Å². The van der Waals surface area contributed by atoms with Crippen LogP contribution in [-0.2, 0) is 4.74 Å². The summed E-state index contributed by atoms with van der Waals surface area (Å²) in [4.78, 5) is 19.6. The largest absolute Gasteiger partial charge is 0.389 e. The fourth-order valence-corrected chi connectivity index (χ4v) is 2.00. The molecule has 0 fully saturated rings. The first kappa shape index (κ1) is 18.0. The Morgan fingerprint density at radius 1 is 1.50 bits per heavy atom. The number of carbonyl (C=O) groups is 1. The Balaban J connectivity index is 2.55. The molecule has 0 aliphatic rings. The zero-order valence-corrected chi connectivity index (χ0v) is 13.2. The number of hydrogen-bond acceptors (Lipinski definition) is 5. The second-order valence-corrected chi connectivity index (χ2v) is 5.05. The first-order chi connectivity index (χ1) is 10.5. The van der Waals surface area contributed by atoms with Gasteiger partial charge in [0.1, 0.15) is 6.10 Å². The molecule has 2 N–H and O–H groups in total. The van der Waals surface area contributed by atoms with Crippen molar-refractivity contribution in [2.45, 2.75) is 26.1 Å². The Kier molecular flexibility index (Phi) is 7.42. The molecule has 0 aromatic carbocycles. The van der Waals surface area contributed by atoms with Gasteiger partial charge in [0.05, 0.1) is 6.10 Å². The number of ether oxygens (including phenoxy) is 1.